The van der Waals surface area contributed by atoms with Crippen molar-refractivity contribution in [3.05, 3.63) is 23.7 Å². The minimum Gasteiger partial charge on any atom is -0.431 e. The third-order valence-corrected chi connectivity index (χ3v) is 1.58. The van der Waals surface area contributed by atoms with Gasteiger partial charge in [0.1, 0.15) is 11.5 Å². The molecule has 76 valence electrons. The molecule has 1 aliphatic rings. The fourth-order valence-electron chi connectivity index (χ4n) is 1.15. The zero-order chi connectivity index (χ0) is 10.6. The van der Waals surface area contributed by atoms with E-state index in [0.717, 1.165) is 0 Å². The Hall–Kier alpha value is -1.58. The van der Waals surface area contributed by atoms with Crippen LogP contribution in [0.4, 0.5) is 0 Å². The highest BCUT2D eigenvalue weighted by molar-refractivity contribution is 5.68. The maximum atomic E-state index is 10.7. The highest BCUT2D eigenvalue weighted by Crippen LogP contribution is 2.19. The Kier molecular flexibility index (Phi) is 3.45. The molecule has 4 nitrogen and oxygen atoms in total. The van der Waals surface area contributed by atoms with Crippen LogP contribution in [0.25, 0.3) is 0 Å². The number of esters is 2. The lowest BCUT2D eigenvalue weighted by molar-refractivity contribution is -0.137. The van der Waals surface area contributed by atoms with Gasteiger partial charge in [-0.25, -0.2) is 0 Å². The molecule has 0 radical (unpaired) electrons. The molecule has 0 saturated heterocycles. The van der Waals surface area contributed by atoms with E-state index in [9.17, 15) is 9.59 Å². The summed E-state index contributed by atoms with van der Waals surface area (Å²) in [5.74, 6) is 0.244. The summed E-state index contributed by atoms with van der Waals surface area (Å²) in [5, 5.41) is 0. The third kappa shape index (κ3) is 3.43. The number of carbonyl (C=O) groups excluding carboxylic acids is 2. The van der Waals surface area contributed by atoms with Crippen molar-refractivity contribution in [1.82, 2.24) is 0 Å². The van der Waals surface area contributed by atoms with E-state index in [-0.39, 0.29) is 11.9 Å². The molecule has 0 aliphatic heterocycles. The number of allylic oxidation sites excluding steroid dienone is 3. The van der Waals surface area contributed by atoms with Crippen LogP contribution in [0.5, 0.6) is 0 Å². The number of rotatable bonds is 2. The second-order valence-corrected chi connectivity index (χ2v) is 2.94. The lowest BCUT2D eigenvalue weighted by Crippen LogP contribution is -2.05. The van der Waals surface area contributed by atoms with Crippen LogP contribution in [0.1, 0.15) is 26.7 Å². The Labute approximate surface area is 82.2 Å². The molecule has 0 atom stereocenters. The molecule has 0 N–H and O–H groups in total. The van der Waals surface area contributed by atoms with Gasteiger partial charge in [-0.05, 0) is 12.5 Å². The lowest BCUT2D eigenvalue weighted by atomic mass is 10.1. The second kappa shape index (κ2) is 4.60. The molecule has 0 spiro atoms. The highest BCUT2D eigenvalue weighted by atomic mass is 16.5. The summed E-state index contributed by atoms with van der Waals surface area (Å²) in [4.78, 5) is 21.3. The van der Waals surface area contributed by atoms with Crippen LogP contribution < -0.4 is 0 Å². The first-order valence-electron chi connectivity index (χ1n) is 4.35. The topological polar surface area (TPSA) is 52.6 Å². The molecular weight excluding hydrogens is 184 g/mol. The van der Waals surface area contributed by atoms with Gasteiger partial charge in [-0.2, -0.15) is 0 Å². The van der Waals surface area contributed by atoms with Crippen molar-refractivity contribution >= 4 is 11.9 Å². The maximum absolute atomic E-state index is 10.7. The van der Waals surface area contributed by atoms with Gasteiger partial charge in [0.25, 0.3) is 0 Å². The fraction of sp³-hybridized carbons (Fsp3) is 0.400. The van der Waals surface area contributed by atoms with Crippen LogP contribution in [0.2, 0.25) is 0 Å². The summed E-state index contributed by atoms with van der Waals surface area (Å²) in [6.07, 6.45) is 4.72. The SMILES string of the molecule is CC(=O)OC1=CCCC(OC(C)=O)=C1. The summed E-state index contributed by atoms with van der Waals surface area (Å²) in [6, 6.07) is 0. The standard InChI is InChI=1S/C10H12O4/c1-7(11)13-9-4-3-5-10(6-9)14-8(2)12/h4,6H,3,5H2,1-2H3. The van der Waals surface area contributed by atoms with Crippen LogP contribution >= 0.6 is 0 Å². The highest BCUT2D eigenvalue weighted by Gasteiger charge is 2.10. The number of hydrogen-bond acceptors (Lipinski definition) is 4. The van der Waals surface area contributed by atoms with Gasteiger partial charge in [-0.1, -0.05) is 0 Å². The molecule has 0 bridgehead atoms. The van der Waals surface area contributed by atoms with Crippen LogP contribution in [0.3, 0.4) is 0 Å². The van der Waals surface area contributed by atoms with Gasteiger partial charge in [0.15, 0.2) is 0 Å². The Morgan fingerprint density at radius 1 is 1.21 bits per heavy atom. The number of carbonyl (C=O) groups is 2. The van der Waals surface area contributed by atoms with Crippen LogP contribution in [-0.4, -0.2) is 11.9 Å². The molecule has 0 aromatic rings. The minimum atomic E-state index is -0.378. The molecular formula is C10H12O4. The van der Waals surface area contributed by atoms with Gasteiger partial charge in [0, 0.05) is 26.3 Å². The van der Waals surface area contributed by atoms with E-state index in [0.29, 0.717) is 24.4 Å². The van der Waals surface area contributed by atoms with Crippen molar-refractivity contribution in [3.8, 4) is 0 Å². The predicted molar refractivity (Wildman–Crippen MR) is 48.9 cm³/mol. The monoisotopic (exact) mass is 196 g/mol. The molecule has 14 heavy (non-hydrogen) atoms. The molecule has 1 rings (SSSR count). The molecule has 0 saturated carbocycles. The summed E-state index contributed by atoms with van der Waals surface area (Å²) in [5.41, 5.74) is 0. The van der Waals surface area contributed by atoms with E-state index in [1.165, 1.54) is 13.8 Å². The van der Waals surface area contributed by atoms with E-state index >= 15 is 0 Å². The van der Waals surface area contributed by atoms with Crippen LogP contribution in [0.15, 0.2) is 23.7 Å². The van der Waals surface area contributed by atoms with Crippen LogP contribution in [0, 0.1) is 0 Å². The largest absolute Gasteiger partial charge is 0.431 e. The Balaban J connectivity index is 2.62. The second-order valence-electron chi connectivity index (χ2n) is 2.94. The van der Waals surface area contributed by atoms with E-state index < -0.39 is 0 Å². The summed E-state index contributed by atoms with van der Waals surface area (Å²) in [6.45, 7) is 2.67. The van der Waals surface area contributed by atoms with E-state index in [1.807, 2.05) is 0 Å². The zero-order valence-electron chi connectivity index (χ0n) is 8.20. The van der Waals surface area contributed by atoms with Gasteiger partial charge in [0.05, 0.1) is 0 Å². The quantitative estimate of drug-likeness (QED) is 0.630. The van der Waals surface area contributed by atoms with Gasteiger partial charge in [-0.15, -0.1) is 0 Å². The maximum Gasteiger partial charge on any atom is 0.308 e. The van der Waals surface area contributed by atoms with Crippen molar-refractivity contribution in [2.75, 3.05) is 0 Å². The average Bonchev–Trinajstić information content (AvgIpc) is 2.01. The Bertz CT molecular complexity index is 312. The molecule has 0 heterocycles. The Morgan fingerprint density at radius 3 is 2.43 bits per heavy atom. The number of ether oxygens (including phenoxy) is 2. The molecule has 0 unspecified atom stereocenters. The first-order chi connectivity index (χ1) is 6.58. The van der Waals surface area contributed by atoms with Crippen molar-refractivity contribution < 1.29 is 19.1 Å². The third-order valence-electron chi connectivity index (χ3n) is 1.58. The summed E-state index contributed by atoms with van der Waals surface area (Å²) >= 11 is 0. The van der Waals surface area contributed by atoms with Crippen molar-refractivity contribution in [3.63, 3.8) is 0 Å². The predicted octanol–water partition coefficient (Wildman–Crippen LogP) is 1.67. The fourth-order valence-corrected chi connectivity index (χ4v) is 1.15. The molecule has 0 aromatic carbocycles. The first kappa shape index (κ1) is 10.5. The zero-order valence-corrected chi connectivity index (χ0v) is 8.20. The van der Waals surface area contributed by atoms with Crippen molar-refractivity contribution in [2.45, 2.75) is 26.7 Å². The van der Waals surface area contributed by atoms with Gasteiger partial charge in [0.2, 0.25) is 0 Å². The first-order valence-corrected chi connectivity index (χ1v) is 4.35. The van der Waals surface area contributed by atoms with Crippen molar-refractivity contribution in [1.29, 1.82) is 0 Å². The average molecular weight is 196 g/mol. The van der Waals surface area contributed by atoms with E-state index in [2.05, 4.69) is 0 Å². The van der Waals surface area contributed by atoms with E-state index in [4.69, 9.17) is 9.47 Å². The van der Waals surface area contributed by atoms with E-state index in [1.54, 1.807) is 12.2 Å². The van der Waals surface area contributed by atoms with Crippen LogP contribution in [-0.2, 0) is 19.1 Å². The van der Waals surface area contributed by atoms with Gasteiger partial charge >= 0.3 is 11.9 Å². The normalized spacial score (nSPS) is 15.3. The molecule has 4 heteroatoms. The molecule has 1 aliphatic carbocycles. The summed E-state index contributed by atoms with van der Waals surface area (Å²) < 4.78 is 9.75. The lowest BCUT2D eigenvalue weighted by Gasteiger charge is -2.12. The van der Waals surface area contributed by atoms with Gasteiger partial charge < -0.3 is 9.47 Å². The molecule has 0 aromatic heterocycles. The number of hydrogen-bond donors (Lipinski definition) is 0. The molecule has 0 amide bonds. The van der Waals surface area contributed by atoms with Crippen molar-refractivity contribution in [2.24, 2.45) is 0 Å². The minimum absolute atomic E-state index is 0.361. The Morgan fingerprint density at radius 2 is 1.86 bits per heavy atom. The van der Waals surface area contributed by atoms with Gasteiger partial charge in [-0.3, -0.25) is 9.59 Å². The molecule has 0 fully saturated rings. The smallest absolute Gasteiger partial charge is 0.308 e. The summed E-state index contributed by atoms with van der Waals surface area (Å²) in [7, 11) is 0.